The van der Waals surface area contributed by atoms with Crippen LogP contribution >= 0.6 is 11.3 Å². The van der Waals surface area contributed by atoms with E-state index in [2.05, 4.69) is 11.9 Å². The van der Waals surface area contributed by atoms with Crippen molar-refractivity contribution in [3.05, 3.63) is 15.6 Å². The van der Waals surface area contributed by atoms with Gasteiger partial charge in [-0.2, -0.15) is 0 Å². The van der Waals surface area contributed by atoms with Crippen LogP contribution in [0.5, 0.6) is 0 Å². The molecule has 3 nitrogen and oxygen atoms in total. The van der Waals surface area contributed by atoms with Crippen molar-refractivity contribution in [3.8, 4) is 0 Å². The van der Waals surface area contributed by atoms with Gasteiger partial charge in [-0.3, -0.25) is 4.79 Å². The van der Waals surface area contributed by atoms with Crippen LogP contribution in [0.25, 0.3) is 0 Å². The number of aliphatic carboxylic acids is 1. The lowest BCUT2D eigenvalue weighted by Crippen LogP contribution is -1.99. The first-order chi connectivity index (χ1) is 6.63. The van der Waals surface area contributed by atoms with E-state index in [1.807, 2.05) is 6.92 Å². The molecule has 0 spiro atoms. The number of rotatable bonds is 5. The summed E-state index contributed by atoms with van der Waals surface area (Å²) < 4.78 is 0. The number of aryl methyl sites for hydroxylation is 3. The lowest BCUT2D eigenvalue weighted by atomic mass is 10.2. The highest BCUT2D eigenvalue weighted by Crippen LogP contribution is 2.20. The van der Waals surface area contributed by atoms with Crippen molar-refractivity contribution in [1.29, 1.82) is 0 Å². The van der Waals surface area contributed by atoms with E-state index in [4.69, 9.17) is 5.11 Å². The van der Waals surface area contributed by atoms with Crippen LogP contribution in [0.3, 0.4) is 0 Å². The third-order valence-electron chi connectivity index (χ3n) is 1.94. The van der Waals surface area contributed by atoms with Crippen molar-refractivity contribution in [1.82, 2.24) is 4.98 Å². The van der Waals surface area contributed by atoms with Crippen LogP contribution in [0.1, 0.15) is 35.3 Å². The average Bonchev–Trinajstić information content (AvgIpc) is 2.44. The molecule has 1 heterocycles. The number of hydrogen-bond acceptors (Lipinski definition) is 3. The zero-order chi connectivity index (χ0) is 10.6. The normalized spacial score (nSPS) is 10.4. The monoisotopic (exact) mass is 213 g/mol. The minimum Gasteiger partial charge on any atom is -0.481 e. The number of carboxylic acids is 1. The van der Waals surface area contributed by atoms with Gasteiger partial charge in [0.05, 0.1) is 17.1 Å². The topological polar surface area (TPSA) is 50.2 Å². The maximum atomic E-state index is 10.4. The van der Waals surface area contributed by atoms with Gasteiger partial charge >= 0.3 is 5.97 Å². The van der Waals surface area contributed by atoms with E-state index < -0.39 is 5.97 Å². The Labute approximate surface area is 87.8 Å². The van der Waals surface area contributed by atoms with Gasteiger partial charge in [-0.15, -0.1) is 11.3 Å². The smallest absolute Gasteiger partial charge is 0.303 e. The Hall–Kier alpha value is -0.900. The van der Waals surface area contributed by atoms with Crippen LogP contribution in [0.15, 0.2) is 0 Å². The highest BCUT2D eigenvalue weighted by Gasteiger charge is 2.09. The lowest BCUT2D eigenvalue weighted by Gasteiger charge is -1.97. The standard InChI is InChI=1S/C10H15NO2S/c1-3-4-9-8(5-6-10(12)13)11-7(2)14-9/h3-6H2,1-2H3,(H,12,13). The molecule has 0 unspecified atom stereocenters. The Morgan fingerprint density at radius 2 is 2.21 bits per heavy atom. The summed E-state index contributed by atoms with van der Waals surface area (Å²) in [6.07, 6.45) is 2.84. The first kappa shape index (κ1) is 11.2. The van der Waals surface area contributed by atoms with E-state index in [1.54, 1.807) is 11.3 Å². The van der Waals surface area contributed by atoms with E-state index in [9.17, 15) is 4.79 Å². The molecule has 0 aliphatic heterocycles. The van der Waals surface area contributed by atoms with E-state index in [0.29, 0.717) is 6.42 Å². The van der Waals surface area contributed by atoms with E-state index in [-0.39, 0.29) is 6.42 Å². The number of thiazole rings is 1. The van der Waals surface area contributed by atoms with Gasteiger partial charge in [0.15, 0.2) is 0 Å². The molecule has 0 aromatic carbocycles. The second-order valence-corrected chi connectivity index (χ2v) is 4.53. The Bertz CT molecular complexity index is 320. The zero-order valence-electron chi connectivity index (χ0n) is 8.54. The third-order valence-corrected chi connectivity index (χ3v) is 3.01. The molecule has 0 fully saturated rings. The average molecular weight is 213 g/mol. The largest absolute Gasteiger partial charge is 0.481 e. The summed E-state index contributed by atoms with van der Waals surface area (Å²) in [5.74, 6) is -0.752. The molecular weight excluding hydrogens is 198 g/mol. The molecule has 1 N–H and O–H groups in total. The first-order valence-corrected chi connectivity index (χ1v) is 5.62. The molecule has 78 valence electrons. The molecule has 14 heavy (non-hydrogen) atoms. The second-order valence-electron chi connectivity index (χ2n) is 3.25. The predicted molar refractivity (Wildman–Crippen MR) is 56.8 cm³/mol. The van der Waals surface area contributed by atoms with Crippen molar-refractivity contribution in [2.75, 3.05) is 0 Å². The quantitative estimate of drug-likeness (QED) is 0.817. The van der Waals surface area contributed by atoms with Gasteiger partial charge in [-0.25, -0.2) is 4.98 Å². The molecule has 1 aromatic heterocycles. The van der Waals surface area contributed by atoms with E-state index in [0.717, 1.165) is 23.5 Å². The van der Waals surface area contributed by atoms with Gasteiger partial charge in [0.1, 0.15) is 0 Å². The van der Waals surface area contributed by atoms with Crippen molar-refractivity contribution >= 4 is 17.3 Å². The highest BCUT2D eigenvalue weighted by molar-refractivity contribution is 7.11. The molecule has 0 amide bonds. The minimum atomic E-state index is -0.752. The molecule has 0 aliphatic rings. The van der Waals surface area contributed by atoms with Gasteiger partial charge < -0.3 is 5.11 Å². The van der Waals surface area contributed by atoms with Gasteiger partial charge in [-0.1, -0.05) is 13.3 Å². The summed E-state index contributed by atoms with van der Waals surface area (Å²) in [7, 11) is 0. The van der Waals surface area contributed by atoms with Gasteiger partial charge in [0.25, 0.3) is 0 Å². The predicted octanol–water partition coefficient (Wildman–Crippen LogP) is 2.42. The third kappa shape index (κ3) is 3.10. The van der Waals surface area contributed by atoms with E-state index in [1.165, 1.54) is 4.88 Å². The molecule has 0 radical (unpaired) electrons. The zero-order valence-corrected chi connectivity index (χ0v) is 9.36. The molecule has 0 saturated heterocycles. The summed E-state index contributed by atoms with van der Waals surface area (Å²) in [5, 5.41) is 9.61. The van der Waals surface area contributed by atoms with Crippen molar-refractivity contribution in [3.63, 3.8) is 0 Å². The van der Waals surface area contributed by atoms with Crippen LogP contribution < -0.4 is 0 Å². The molecule has 1 aromatic rings. The Morgan fingerprint density at radius 3 is 2.79 bits per heavy atom. The summed E-state index contributed by atoms with van der Waals surface area (Å²) >= 11 is 1.69. The van der Waals surface area contributed by atoms with Gasteiger partial charge in [0.2, 0.25) is 0 Å². The van der Waals surface area contributed by atoms with E-state index >= 15 is 0 Å². The fraction of sp³-hybridized carbons (Fsp3) is 0.600. The summed E-state index contributed by atoms with van der Waals surface area (Å²) in [6.45, 7) is 4.09. The van der Waals surface area contributed by atoms with Gasteiger partial charge in [-0.05, 0) is 13.3 Å². The van der Waals surface area contributed by atoms with Crippen LogP contribution in [0.2, 0.25) is 0 Å². The summed E-state index contributed by atoms with van der Waals surface area (Å²) in [6, 6.07) is 0. The first-order valence-electron chi connectivity index (χ1n) is 4.80. The molecule has 0 aliphatic carbocycles. The van der Waals surface area contributed by atoms with Crippen molar-refractivity contribution in [2.45, 2.75) is 39.5 Å². The Balaban J connectivity index is 2.68. The molecule has 1 rings (SSSR count). The molecule has 4 heteroatoms. The fourth-order valence-corrected chi connectivity index (χ4v) is 2.44. The van der Waals surface area contributed by atoms with Crippen molar-refractivity contribution in [2.24, 2.45) is 0 Å². The number of nitrogens with zero attached hydrogens (tertiary/aromatic N) is 1. The fourth-order valence-electron chi connectivity index (χ4n) is 1.36. The summed E-state index contributed by atoms with van der Waals surface area (Å²) in [4.78, 5) is 16.0. The van der Waals surface area contributed by atoms with Crippen LogP contribution in [0, 0.1) is 6.92 Å². The van der Waals surface area contributed by atoms with Crippen LogP contribution in [-0.4, -0.2) is 16.1 Å². The Morgan fingerprint density at radius 1 is 1.50 bits per heavy atom. The van der Waals surface area contributed by atoms with Crippen LogP contribution in [0.4, 0.5) is 0 Å². The maximum absolute atomic E-state index is 10.4. The molecule has 0 saturated carbocycles. The molecule has 0 atom stereocenters. The van der Waals surface area contributed by atoms with Crippen molar-refractivity contribution < 1.29 is 9.90 Å². The molecular formula is C10H15NO2S. The summed E-state index contributed by atoms with van der Waals surface area (Å²) in [5.41, 5.74) is 0.983. The SMILES string of the molecule is CCCc1sc(C)nc1CCC(=O)O. The second kappa shape index (κ2) is 5.10. The maximum Gasteiger partial charge on any atom is 0.303 e. The highest BCUT2D eigenvalue weighted by atomic mass is 32.1. The number of aromatic nitrogens is 1. The number of carbonyl (C=O) groups is 1. The van der Waals surface area contributed by atoms with Gasteiger partial charge in [0, 0.05) is 11.3 Å². The minimum absolute atomic E-state index is 0.180. The lowest BCUT2D eigenvalue weighted by molar-refractivity contribution is -0.136. The molecule has 0 bridgehead atoms. The Kier molecular flexibility index (Phi) is 4.07. The number of hydrogen-bond donors (Lipinski definition) is 1. The van der Waals surface area contributed by atoms with Crippen LogP contribution in [-0.2, 0) is 17.6 Å². The number of carboxylic acid groups (broad SMARTS) is 1.